The summed E-state index contributed by atoms with van der Waals surface area (Å²) in [6, 6.07) is 12.6. The van der Waals surface area contributed by atoms with Crippen LogP contribution in [0.3, 0.4) is 0 Å². The molecule has 16 heavy (non-hydrogen) atoms. The van der Waals surface area contributed by atoms with E-state index in [1.165, 1.54) is 0 Å². The standard InChI is InChI=1S/C12H8ClNO2/c13-9-6-7-10(14-11(9)12(15)16)8-4-2-1-3-5-8/h1-7H,(H,15,16). The lowest BCUT2D eigenvalue weighted by Crippen LogP contribution is -2.02. The lowest BCUT2D eigenvalue weighted by atomic mass is 10.1. The molecule has 1 aromatic heterocycles. The fourth-order valence-corrected chi connectivity index (χ4v) is 1.55. The zero-order valence-corrected chi connectivity index (χ0v) is 8.98. The molecular formula is C12H8ClNO2. The molecule has 0 spiro atoms. The number of benzene rings is 1. The Labute approximate surface area is 97.3 Å². The second-order valence-electron chi connectivity index (χ2n) is 3.20. The summed E-state index contributed by atoms with van der Waals surface area (Å²) in [5.74, 6) is -1.12. The topological polar surface area (TPSA) is 50.2 Å². The normalized spacial score (nSPS) is 10.1. The Hall–Kier alpha value is -1.87. The quantitative estimate of drug-likeness (QED) is 0.867. The number of halogens is 1. The number of hydrogen-bond donors (Lipinski definition) is 1. The van der Waals surface area contributed by atoms with Gasteiger partial charge < -0.3 is 5.11 Å². The van der Waals surface area contributed by atoms with E-state index in [0.717, 1.165) is 5.56 Å². The van der Waals surface area contributed by atoms with E-state index < -0.39 is 5.97 Å². The first-order valence-electron chi connectivity index (χ1n) is 4.64. The minimum Gasteiger partial charge on any atom is -0.476 e. The molecule has 2 aromatic rings. The Morgan fingerprint density at radius 3 is 2.44 bits per heavy atom. The van der Waals surface area contributed by atoms with E-state index in [1.54, 1.807) is 12.1 Å². The highest BCUT2D eigenvalue weighted by molar-refractivity contribution is 6.33. The summed E-state index contributed by atoms with van der Waals surface area (Å²) >= 11 is 5.74. The Kier molecular flexibility index (Phi) is 2.88. The van der Waals surface area contributed by atoms with Gasteiger partial charge in [0, 0.05) is 5.56 Å². The monoisotopic (exact) mass is 233 g/mol. The number of carbonyl (C=O) groups is 1. The highest BCUT2D eigenvalue weighted by Gasteiger charge is 2.11. The Bertz CT molecular complexity index is 526. The molecule has 80 valence electrons. The minimum atomic E-state index is -1.12. The van der Waals surface area contributed by atoms with Gasteiger partial charge >= 0.3 is 5.97 Å². The summed E-state index contributed by atoms with van der Waals surface area (Å²) in [6.07, 6.45) is 0. The van der Waals surface area contributed by atoms with Gasteiger partial charge in [0.05, 0.1) is 10.7 Å². The zero-order valence-electron chi connectivity index (χ0n) is 8.22. The van der Waals surface area contributed by atoms with Crippen LogP contribution in [0, 0.1) is 0 Å². The Morgan fingerprint density at radius 1 is 1.12 bits per heavy atom. The number of aromatic nitrogens is 1. The van der Waals surface area contributed by atoms with Gasteiger partial charge in [-0.05, 0) is 12.1 Å². The summed E-state index contributed by atoms with van der Waals surface area (Å²) in [7, 11) is 0. The van der Waals surface area contributed by atoms with Crippen LogP contribution in [0.1, 0.15) is 10.5 Å². The first-order chi connectivity index (χ1) is 7.68. The van der Waals surface area contributed by atoms with Crippen molar-refractivity contribution in [1.29, 1.82) is 0 Å². The van der Waals surface area contributed by atoms with Gasteiger partial charge in [0.2, 0.25) is 0 Å². The zero-order chi connectivity index (χ0) is 11.5. The lowest BCUT2D eigenvalue weighted by Gasteiger charge is -2.03. The molecule has 0 aliphatic rings. The van der Waals surface area contributed by atoms with Crippen LogP contribution in [-0.4, -0.2) is 16.1 Å². The highest BCUT2D eigenvalue weighted by atomic mass is 35.5. The van der Waals surface area contributed by atoms with Crippen LogP contribution in [-0.2, 0) is 0 Å². The Morgan fingerprint density at radius 2 is 1.81 bits per heavy atom. The molecule has 0 fully saturated rings. The van der Waals surface area contributed by atoms with Crippen LogP contribution >= 0.6 is 11.6 Å². The number of hydrogen-bond acceptors (Lipinski definition) is 2. The number of pyridine rings is 1. The average molecular weight is 234 g/mol. The molecule has 0 bridgehead atoms. The van der Waals surface area contributed by atoms with Crippen molar-refractivity contribution in [3.63, 3.8) is 0 Å². The van der Waals surface area contributed by atoms with Crippen molar-refractivity contribution in [2.75, 3.05) is 0 Å². The van der Waals surface area contributed by atoms with E-state index in [1.807, 2.05) is 30.3 Å². The molecule has 3 nitrogen and oxygen atoms in total. The van der Waals surface area contributed by atoms with Crippen molar-refractivity contribution < 1.29 is 9.90 Å². The molecule has 2 rings (SSSR count). The second-order valence-corrected chi connectivity index (χ2v) is 3.61. The second kappa shape index (κ2) is 4.33. The van der Waals surface area contributed by atoms with Crippen LogP contribution in [0.25, 0.3) is 11.3 Å². The van der Waals surface area contributed by atoms with Gasteiger partial charge in [0.1, 0.15) is 0 Å². The van der Waals surface area contributed by atoms with Crippen molar-refractivity contribution >= 4 is 17.6 Å². The van der Waals surface area contributed by atoms with Crippen molar-refractivity contribution in [2.45, 2.75) is 0 Å². The number of rotatable bonds is 2. The third-order valence-electron chi connectivity index (χ3n) is 2.12. The van der Waals surface area contributed by atoms with Crippen LogP contribution in [0.4, 0.5) is 0 Å². The predicted octanol–water partition coefficient (Wildman–Crippen LogP) is 3.10. The fourth-order valence-electron chi connectivity index (χ4n) is 1.36. The van der Waals surface area contributed by atoms with Gasteiger partial charge in [0.25, 0.3) is 0 Å². The summed E-state index contributed by atoms with van der Waals surface area (Å²) in [6.45, 7) is 0. The highest BCUT2D eigenvalue weighted by Crippen LogP contribution is 2.21. The minimum absolute atomic E-state index is 0.122. The van der Waals surface area contributed by atoms with Gasteiger partial charge in [-0.15, -0.1) is 0 Å². The van der Waals surface area contributed by atoms with Gasteiger partial charge in [-0.1, -0.05) is 41.9 Å². The van der Waals surface area contributed by atoms with E-state index >= 15 is 0 Å². The lowest BCUT2D eigenvalue weighted by molar-refractivity contribution is 0.0691. The van der Waals surface area contributed by atoms with Crippen LogP contribution in [0.5, 0.6) is 0 Å². The van der Waals surface area contributed by atoms with Crippen LogP contribution < -0.4 is 0 Å². The van der Waals surface area contributed by atoms with E-state index in [-0.39, 0.29) is 10.7 Å². The number of carboxylic acid groups (broad SMARTS) is 1. The molecule has 1 aromatic carbocycles. The molecule has 4 heteroatoms. The third kappa shape index (κ3) is 2.04. The molecule has 0 saturated heterocycles. The summed E-state index contributed by atoms with van der Waals surface area (Å²) in [5, 5.41) is 9.04. The van der Waals surface area contributed by atoms with Gasteiger partial charge in [0.15, 0.2) is 5.69 Å². The van der Waals surface area contributed by atoms with Crippen LogP contribution in [0.2, 0.25) is 5.02 Å². The SMILES string of the molecule is O=C(O)c1nc(-c2ccccc2)ccc1Cl. The van der Waals surface area contributed by atoms with E-state index in [0.29, 0.717) is 5.69 Å². The molecule has 0 unspecified atom stereocenters. The number of nitrogens with zero attached hydrogens (tertiary/aromatic N) is 1. The molecule has 1 heterocycles. The van der Waals surface area contributed by atoms with E-state index in [9.17, 15) is 4.79 Å². The van der Waals surface area contributed by atoms with Crippen molar-refractivity contribution in [3.8, 4) is 11.3 Å². The summed E-state index contributed by atoms with van der Waals surface area (Å²) in [4.78, 5) is 14.9. The first kappa shape index (κ1) is 10.6. The molecule has 0 aliphatic heterocycles. The maximum Gasteiger partial charge on any atom is 0.356 e. The average Bonchev–Trinajstić information content (AvgIpc) is 2.30. The third-order valence-corrected chi connectivity index (χ3v) is 2.42. The molecular weight excluding hydrogens is 226 g/mol. The predicted molar refractivity (Wildman–Crippen MR) is 61.6 cm³/mol. The fraction of sp³-hybridized carbons (Fsp3) is 0. The molecule has 0 saturated carbocycles. The van der Waals surface area contributed by atoms with Crippen molar-refractivity contribution in [1.82, 2.24) is 4.98 Å². The van der Waals surface area contributed by atoms with E-state index in [4.69, 9.17) is 16.7 Å². The number of aromatic carboxylic acids is 1. The van der Waals surface area contributed by atoms with Gasteiger partial charge in [-0.25, -0.2) is 9.78 Å². The molecule has 0 amide bonds. The van der Waals surface area contributed by atoms with Gasteiger partial charge in [-0.3, -0.25) is 0 Å². The Balaban J connectivity index is 2.52. The summed E-state index contributed by atoms with van der Waals surface area (Å²) in [5.41, 5.74) is 1.34. The maximum atomic E-state index is 10.9. The molecule has 0 aliphatic carbocycles. The smallest absolute Gasteiger partial charge is 0.356 e. The molecule has 1 N–H and O–H groups in total. The maximum absolute atomic E-state index is 10.9. The van der Waals surface area contributed by atoms with E-state index in [2.05, 4.69) is 4.98 Å². The number of carboxylic acids is 1. The van der Waals surface area contributed by atoms with Gasteiger partial charge in [-0.2, -0.15) is 0 Å². The summed E-state index contributed by atoms with van der Waals surface area (Å²) < 4.78 is 0. The first-order valence-corrected chi connectivity index (χ1v) is 5.01. The molecule has 0 radical (unpaired) electrons. The largest absolute Gasteiger partial charge is 0.476 e. The van der Waals surface area contributed by atoms with Crippen LogP contribution in [0.15, 0.2) is 42.5 Å². The molecule has 0 atom stereocenters. The van der Waals surface area contributed by atoms with Crippen molar-refractivity contribution in [2.24, 2.45) is 0 Å². The van der Waals surface area contributed by atoms with Crippen molar-refractivity contribution in [3.05, 3.63) is 53.2 Å².